The molecule has 1 heterocycles. The van der Waals surface area contributed by atoms with E-state index in [1.165, 1.54) is 5.56 Å². The number of hydrogen-bond acceptors (Lipinski definition) is 3. The van der Waals surface area contributed by atoms with E-state index in [-0.39, 0.29) is 11.4 Å². The summed E-state index contributed by atoms with van der Waals surface area (Å²) in [6.45, 7) is 6.67. The normalized spacial score (nSPS) is 20.8. The first kappa shape index (κ1) is 15.5. The predicted molar refractivity (Wildman–Crippen MR) is 86.7 cm³/mol. The van der Waals surface area contributed by atoms with Crippen molar-refractivity contribution >= 4 is 5.91 Å². The van der Waals surface area contributed by atoms with Crippen LogP contribution in [0.4, 0.5) is 0 Å². The Morgan fingerprint density at radius 2 is 1.82 bits per heavy atom. The van der Waals surface area contributed by atoms with Crippen molar-refractivity contribution in [1.82, 2.24) is 4.90 Å². The number of nitrogens with two attached hydrogens (primary N) is 1. The molecule has 2 N–H and O–H groups in total. The van der Waals surface area contributed by atoms with E-state index in [1.54, 1.807) is 0 Å². The van der Waals surface area contributed by atoms with Gasteiger partial charge in [-0.15, -0.1) is 0 Å². The minimum absolute atomic E-state index is 0.0284. The van der Waals surface area contributed by atoms with Gasteiger partial charge in [0.15, 0.2) is 0 Å². The molecule has 0 atom stereocenters. The van der Waals surface area contributed by atoms with Crippen LogP contribution in [0.1, 0.15) is 37.8 Å². The highest BCUT2D eigenvalue weighted by molar-refractivity contribution is 5.87. The first-order chi connectivity index (χ1) is 10.4. The molecule has 0 aromatic heterocycles. The van der Waals surface area contributed by atoms with Crippen molar-refractivity contribution < 1.29 is 9.53 Å². The third-order valence-corrected chi connectivity index (χ3v) is 4.96. The zero-order valence-electron chi connectivity index (χ0n) is 13.6. The van der Waals surface area contributed by atoms with Gasteiger partial charge in [-0.3, -0.25) is 4.79 Å². The smallest absolute Gasteiger partial charge is 0.232 e. The fraction of sp³-hybridized carbons (Fsp3) is 0.611. The van der Waals surface area contributed by atoms with Gasteiger partial charge >= 0.3 is 0 Å². The Bertz CT molecular complexity index is 541. The fourth-order valence-electron chi connectivity index (χ4n) is 3.07. The van der Waals surface area contributed by atoms with Crippen LogP contribution in [0.5, 0.6) is 0 Å². The second-order valence-corrected chi connectivity index (χ2v) is 7.27. The highest BCUT2D eigenvalue weighted by atomic mass is 16.5. The number of morpholine rings is 1. The van der Waals surface area contributed by atoms with Crippen LogP contribution in [0, 0.1) is 0 Å². The highest BCUT2D eigenvalue weighted by Crippen LogP contribution is 2.36. The van der Waals surface area contributed by atoms with Gasteiger partial charge in [-0.25, -0.2) is 0 Å². The summed E-state index contributed by atoms with van der Waals surface area (Å²) in [6, 6.07) is 8.41. The minimum Gasteiger partial charge on any atom is -0.378 e. The van der Waals surface area contributed by atoms with E-state index in [2.05, 4.69) is 24.3 Å². The van der Waals surface area contributed by atoms with Gasteiger partial charge in [-0.2, -0.15) is 0 Å². The lowest BCUT2D eigenvalue weighted by Gasteiger charge is -2.34. The lowest BCUT2D eigenvalue weighted by molar-refractivity contribution is -0.140. The number of nitrogens with zero attached hydrogens (tertiary/aromatic N) is 1. The minimum atomic E-state index is -0.504. The number of carbonyl (C=O) groups excluding carboxylic acids is 1. The average molecular weight is 302 g/mol. The van der Waals surface area contributed by atoms with Crippen LogP contribution in [0.25, 0.3) is 0 Å². The molecule has 1 aliphatic heterocycles. The van der Waals surface area contributed by atoms with Crippen LogP contribution in [0.2, 0.25) is 0 Å². The Morgan fingerprint density at radius 1 is 1.23 bits per heavy atom. The molecule has 1 amide bonds. The monoisotopic (exact) mass is 302 g/mol. The maximum absolute atomic E-state index is 12.8. The van der Waals surface area contributed by atoms with Crippen molar-refractivity contribution in [3.8, 4) is 0 Å². The number of benzene rings is 1. The zero-order chi connectivity index (χ0) is 15.8. The molecule has 1 aromatic rings. The number of ether oxygens (including phenoxy) is 1. The fourth-order valence-corrected chi connectivity index (χ4v) is 3.07. The molecule has 1 aromatic carbocycles. The third-order valence-electron chi connectivity index (χ3n) is 4.96. The van der Waals surface area contributed by atoms with Gasteiger partial charge in [-0.1, -0.05) is 24.3 Å². The lowest BCUT2D eigenvalue weighted by atomic mass is 9.82. The van der Waals surface area contributed by atoms with E-state index in [0.29, 0.717) is 26.3 Å². The largest absolute Gasteiger partial charge is 0.378 e. The Morgan fingerprint density at radius 3 is 2.36 bits per heavy atom. The zero-order valence-corrected chi connectivity index (χ0v) is 13.6. The summed E-state index contributed by atoms with van der Waals surface area (Å²) in [5.74, 6) is 0.182. The summed E-state index contributed by atoms with van der Waals surface area (Å²) in [7, 11) is 0. The van der Waals surface area contributed by atoms with E-state index in [4.69, 9.17) is 10.5 Å². The molecule has 4 heteroatoms. The maximum Gasteiger partial charge on any atom is 0.232 e. The van der Waals surface area contributed by atoms with Gasteiger partial charge in [0.25, 0.3) is 0 Å². The SMILES string of the molecule is CC(C)(C(=O)N1CCOCC1)c1ccc(CC2(N)CC2)cc1. The summed E-state index contributed by atoms with van der Waals surface area (Å²) in [4.78, 5) is 14.7. The van der Waals surface area contributed by atoms with Crippen molar-refractivity contribution in [3.63, 3.8) is 0 Å². The Labute approximate surface area is 132 Å². The molecule has 0 spiro atoms. The maximum atomic E-state index is 12.8. The molecule has 4 nitrogen and oxygen atoms in total. The van der Waals surface area contributed by atoms with Gasteiger partial charge in [-0.05, 0) is 44.2 Å². The third kappa shape index (κ3) is 3.18. The summed E-state index contributed by atoms with van der Waals surface area (Å²) in [5, 5.41) is 0. The van der Waals surface area contributed by atoms with E-state index in [1.807, 2.05) is 18.7 Å². The molecule has 1 saturated carbocycles. The van der Waals surface area contributed by atoms with Crippen molar-refractivity contribution in [1.29, 1.82) is 0 Å². The number of hydrogen-bond donors (Lipinski definition) is 1. The van der Waals surface area contributed by atoms with Crippen LogP contribution in [-0.2, 0) is 21.4 Å². The van der Waals surface area contributed by atoms with E-state index in [0.717, 1.165) is 24.8 Å². The Hall–Kier alpha value is -1.39. The first-order valence-electron chi connectivity index (χ1n) is 8.16. The molecule has 22 heavy (non-hydrogen) atoms. The Balaban J connectivity index is 1.71. The van der Waals surface area contributed by atoms with Gasteiger partial charge in [0, 0.05) is 18.6 Å². The predicted octanol–water partition coefficient (Wildman–Crippen LogP) is 1.86. The summed E-state index contributed by atoms with van der Waals surface area (Å²) in [5.41, 5.74) is 8.03. The van der Waals surface area contributed by atoms with Crippen LogP contribution >= 0.6 is 0 Å². The number of amides is 1. The van der Waals surface area contributed by atoms with Crippen LogP contribution < -0.4 is 5.73 Å². The topological polar surface area (TPSA) is 55.6 Å². The molecular weight excluding hydrogens is 276 g/mol. The molecule has 1 aliphatic carbocycles. The molecule has 1 saturated heterocycles. The molecule has 3 rings (SSSR count). The van der Waals surface area contributed by atoms with Crippen LogP contribution in [-0.4, -0.2) is 42.6 Å². The van der Waals surface area contributed by atoms with Gasteiger partial charge in [0.05, 0.1) is 18.6 Å². The molecule has 120 valence electrons. The number of carbonyl (C=O) groups is 1. The highest BCUT2D eigenvalue weighted by Gasteiger charge is 2.38. The summed E-state index contributed by atoms with van der Waals surface area (Å²) < 4.78 is 5.33. The van der Waals surface area contributed by atoms with E-state index in [9.17, 15) is 4.79 Å². The first-order valence-corrected chi connectivity index (χ1v) is 8.16. The molecule has 0 radical (unpaired) electrons. The number of rotatable bonds is 4. The standard InChI is InChI=1S/C18H26N2O2/c1-17(2,16(21)20-9-11-22-12-10-20)15-5-3-14(4-6-15)13-18(19)7-8-18/h3-6H,7-13,19H2,1-2H3. The van der Waals surface area contributed by atoms with Crippen molar-refractivity contribution in [3.05, 3.63) is 35.4 Å². The molecule has 2 fully saturated rings. The molecule has 0 unspecified atom stereocenters. The van der Waals surface area contributed by atoms with Crippen molar-refractivity contribution in [2.24, 2.45) is 5.73 Å². The molecular formula is C18H26N2O2. The molecule has 0 bridgehead atoms. The van der Waals surface area contributed by atoms with E-state index < -0.39 is 5.41 Å². The summed E-state index contributed by atoms with van der Waals surface area (Å²) in [6.07, 6.45) is 3.18. The van der Waals surface area contributed by atoms with Crippen molar-refractivity contribution in [2.45, 2.75) is 44.1 Å². The lowest BCUT2D eigenvalue weighted by Crippen LogP contribution is -2.48. The van der Waals surface area contributed by atoms with Crippen LogP contribution in [0.15, 0.2) is 24.3 Å². The van der Waals surface area contributed by atoms with E-state index >= 15 is 0 Å². The second kappa shape index (κ2) is 5.67. The van der Waals surface area contributed by atoms with Gasteiger partial charge in [0.2, 0.25) is 5.91 Å². The quantitative estimate of drug-likeness (QED) is 0.923. The average Bonchev–Trinajstić information content (AvgIpc) is 3.25. The second-order valence-electron chi connectivity index (χ2n) is 7.27. The van der Waals surface area contributed by atoms with Gasteiger partial charge in [0.1, 0.15) is 0 Å². The summed E-state index contributed by atoms with van der Waals surface area (Å²) >= 11 is 0. The van der Waals surface area contributed by atoms with Crippen LogP contribution in [0.3, 0.4) is 0 Å². The Kier molecular flexibility index (Phi) is 4.00. The molecule has 2 aliphatic rings. The van der Waals surface area contributed by atoms with Gasteiger partial charge < -0.3 is 15.4 Å². The van der Waals surface area contributed by atoms with Crippen molar-refractivity contribution in [2.75, 3.05) is 26.3 Å².